The van der Waals surface area contributed by atoms with Gasteiger partial charge < -0.3 is 14.6 Å². The third-order valence-electron chi connectivity index (χ3n) is 2.68. The molecule has 0 saturated heterocycles. The molecule has 0 amide bonds. The molecule has 0 unspecified atom stereocenters. The van der Waals surface area contributed by atoms with E-state index in [9.17, 15) is 9.90 Å². The molecule has 0 aliphatic heterocycles. The van der Waals surface area contributed by atoms with Crippen molar-refractivity contribution in [1.82, 2.24) is 0 Å². The van der Waals surface area contributed by atoms with Crippen molar-refractivity contribution in [3.8, 4) is 11.5 Å². The molecular formula is C14H14O4. The Morgan fingerprint density at radius 3 is 2.56 bits per heavy atom. The summed E-state index contributed by atoms with van der Waals surface area (Å²) >= 11 is 0. The molecule has 0 aromatic heterocycles. The van der Waals surface area contributed by atoms with Gasteiger partial charge in [0.25, 0.3) is 0 Å². The van der Waals surface area contributed by atoms with Gasteiger partial charge in [0, 0.05) is 10.8 Å². The van der Waals surface area contributed by atoms with Crippen LogP contribution < -0.4 is 4.74 Å². The minimum atomic E-state index is -0.584. The molecule has 0 spiro atoms. The van der Waals surface area contributed by atoms with E-state index in [1.807, 2.05) is 19.1 Å². The Morgan fingerprint density at radius 2 is 1.94 bits per heavy atom. The predicted octanol–water partition coefficient (Wildman–Crippen LogP) is 2.73. The van der Waals surface area contributed by atoms with Gasteiger partial charge in [-0.1, -0.05) is 24.3 Å². The second kappa shape index (κ2) is 4.96. The van der Waals surface area contributed by atoms with Crippen molar-refractivity contribution in [3.05, 3.63) is 35.9 Å². The van der Waals surface area contributed by atoms with Crippen molar-refractivity contribution < 1.29 is 19.4 Å². The number of methoxy groups -OCH3 is 1. The largest absolute Gasteiger partial charge is 0.506 e. The van der Waals surface area contributed by atoms with Crippen molar-refractivity contribution in [2.24, 2.45) is 0 Å². The Morgan fingerprint density at radius 1 is 1.28 bits per heavy atom. The number of carbonyl (C=O) groups excluding carboxylic acids is 1. The second-order valence-corrected chi connectivity index (χ2v) is 3.74. The third kappa shape index (κ3) is 1.97. The lowest BCUT2D eigenvalue weighted by Gasteiger charge is -2.12. The van der Waals surface area contributed by atoms with Gasteiger partial charge in [-0.25, -0.2) is 4.79 Å². The first-order chi connectivity index (χ1) is 8.69. The topological polar surface area (TPSA) is 55.8 Å². The molecule has 1 N–H and O–H groups in total. The first-order valence-electron chi connectivity index (χ1n) is 5.64. The molecule has 0 aliphatic rings. The zero-order valence-corrected chi connectivity index (χ0v) is 10.3. The number of phenols is 1. The van der Waals surface area contributed by atoms with Crippen molar-refractivity contribution >= 4 is 16.7 Å². The van der Waals surface area contributed by atoms with Crippen LogP contribution in [0.2, 0.25) is 0 Å². The highest BCUT2D eigenvalue weighted by Crippen LogP contribution is 2.36. The molecule has 18 heavy (non-hydrogen) atoms. The Hall–Kier alpha value is -2.23. The lowest BCUT2D eigenvalue weighted by Crippen LogP contribution is -2.03. The summed E-state index contributed by atoms with van der Waals surface area (Å²) in [6.07, 6.45) is 0. The summed E-state index contributed by atoms with van der Waals surface area (Å²) in [7, 11) is 1.28. The number of carbonyl (C=O) groups is 1. The molecule has 4 heteroatoms. The molecule has 0 heterocycles. The number of aromatic hydroxyl groups is 1. The molecule has 4 nitrogen and oxygen atoms in total. The van der Waals surface area contributed by atoms with Crippen LogP contribution in [0.3, 0.4) is 0 Å². The quantitative estimate of drug-likeness (QED) is 0.846. The molecule has 2 aromatic rings. The van der Waals surface area contributed by atoms with Gasteiger partial charge in [0.2, 0.25) is 0 Å². The summed E-state index contributed by atoms with van der Waals surface area (Å²) < 4.78 is 10.1. The number of fused-ring (bicyclic) bond motifs is 1. The summed E-state index contributed by atoms with van der Waals surface area (Å²) in [4.78, 5) is 11.6. The van der Waals surface area contributed by atoms with Crippen LogP contribution in [-0.2, 0) is 4.74 Å². The zero-order chi connectivity index (χ0) is 13.1. The van der Waals surface area contributed by atoms with Crippen LogP contribution in [0.1, 0.15) is 17.3 Å². The Labute approximate surface area is 105 Å². The van der Waals surface area contributed by atoms with Gasteiger partial charge in [-0.3, -0.25) is 0 Å². The van der Waals surface area contributed by atoms with Crippen LogP contribution in [0.4, 0.5) is 0 Å². The molecule has 0 fully saturated rings. The monoisotopic (exact) mass is 246 g/mol. The predicted molar refractivity (Wildman–Crippen MR) is 68.1 cm³/mol. The van der Waals surface area contributed by atoms with Crippen LogP contribution in [0.15, 0.2) is 30.3 Å². The van der Waals surface area contributed by atoms with Crippen molar-refractivity contribution in [3.63, 3.8) is 0 Å². The summed E-state index contributed by atoms with van der Waals surface area (Å²) in [6, 6.07) is 8.72. The van der Waals surface area contributed by atoms with Gasteiger partial charge in [-0.15, -0.1) is 0 Å². The lowest BCUT2D eigenvalue weighted by molar-refractivity contribution is 0.0597. The van der Waals surface area contributed by atoms with Crippen LogP contribution in [0.5, 0.6) is 11.5 Å². The smallest absolute Gasteiger partial charge is 0.341 e. The first-order valence-corrected chi connectivity index (χ1v) is 5.64. The SMILES string of the molecule is CCOc1cc(C(=O)OC)c(O)c2ccccc12. The normalized spacial score (nSPS) is 10.3. The molecular weight excluding hydrogens is 232 g/mol. The Kier molecular flexibility index (Phi) is 3.37. The zero-order valence-electron chi connectivity index (χ0n) is 10.3. The van der Waals surface area contributed by atoms with Gasteiger partial charge in [-0.2, -0.15) is 0 Å². The summed E-state index contributed by atoms with van der Waals surface area (Å²) in [5.74, 6) is -0.105. The molecule has 0 saturated carbocycles. The van der Waals surface area contributed by atoms with Gasteiger partial charge in [0.15, 0.2) is 0 Å². The second-order valence-electron chi connectivity index (χ2n) is 3.74. The maximum Gasteiger partial charge on any atom is 0.341 e. The van der Waals surface area contributed by atoms with Gasteiger partial charge >= 0.3 is 5.97 Å². The van der Waals surface area contributed by atoms with E-state index in [4.69, 9.17) is 4.74 Å². The maximum absolute atomic E-state index is 11.6. The number of hydrogen-bond acceptors (Lipinski definition) is 4. The highest BCUT2D eigenvalue weighted by atomic mass is 16.5. The van der Waals surface area contributed by atoms with Crippen molar-refractivity contribution in [2.45, 2.75) is 6.92 Å². The molecule has 0 bridgehead atoms. The molecule has 2 rings (SSSR count). The summed E-state index contributed by atoms with van der Waals surface area (Å²) in [6.45, 7) is 2.34. The van der Waals surface area contributed by atoms with Gasteiger partial charge in [0.05, 0.1) is 13.7 Å². The molecule has 0 atom stereocenters. The van der Waals surface area contributed by atoms with E-state index in [1.165, 1.54) is 13.2 Å². The van der Waals surface area contributed by atoms with Crippen molar-refractivity contribution in [2.75, 3.05) is 13.7 Å². The fraction of sp³-hybridized carbons (Fsp3) is 0.214. The number of benzene rings is 2. The third-order valence-corrected chi connectivity index (χ3v) is 2.68. The number of ether oxygens (including phenoxy) is 2. The Balaban J connectivity index is 2.74. The fourth-order valence-corrected chi connectivity index (χ4v) is 1.87. The van der Waals surface area contributed by atoms with E-state index in [0.29, 0.717) is 17.7 Å². The van der Waals surface area contributed by atoms with E-state index < -0.39 is 5.97 Å². The number of esters is 1. The van der Waals surface area contributed by atoms with Crippen LogP contribution >= 0.6 is 0 Å². The highest BCUT2D eigenvalue weighted by Gasteiger charge is 2.17. The van der Waals surface area contributed by atoms with E-state index >= 15 is 0 Å². The number of rotatable bonds is 3. The summed E-state index contributed by atoms with van der Waals surface area (Å²) in [5.41, 5.74) is 0.111. The molecule has 0 radical (unpaired) electrons. The first kappa shape index (κ1) is 12.2. The molecule has 94 valence electrons. The molecule has 2 aromatic carbocycles. The van der Waals surface area contributed by atoms with E-state index in [0.717, 1.165) is 5.39 Å². The fourth-order valence-electron chi connectivity index (χ4n) is 1.87. The number of hydrogen-bond donors (Lipinski definition) is 1. The van der Waals surface area contributed by atoms with Crippen molar-refractivity contribution in [1.29, 1.82) is 0 Å². The lowest BCUT2D eigenvalue weighted by atomic mass is 10.0. The van der Waals surface area contributed by atoms with E-state index in [2.05, 4.69) is 4.74 Å². The average Bonchev–Trinajstić information content (AvgIpc) is 2.41. The minimum Gasteiger partial charge on any atom is -0.506 e. The summed E-state index contributed by atoms with van der Waals surface area (Å²) in [5, 5.41) is 11.4. The van der Waals surface area contributed by atoms with E-state index in [-0.39, 0.29) is 11.3 Å². The number of phenolic OH excluding ortho intramolecular Hbond substituents is 1. The van der Waals surface area contributed by atoms with Gasteiger partial charge in [-0.05, 0) is 13.0 Å². The highest BCUT2D eigenvalue weighted by molar-refractivity contribution is 6.03. The standard InChI is InChI=1S/C14H14O4/c1-3-18-12-8-11(14(16)17-2)13(15)10-7-5-4-6-9(10)12/h4-8,15H,3H2,1-2H3. The Bertz CT molecular complexity index is 590. The van der Waals surface area contributed by atoms with E-state index in [1.54, 1.807) is 12.1 Å². The minimum absolute atomic E-state index is 0.0825. The maximum atomic E-state index is 11.6. The molecule has 0 aliphatic carbocycles. The van der Waals surface area contributed by atoms with Crippen LogP contribution in [0, 0.1) is 0 Å². The van der Waals surface area contributed by atoms with Crippen LogP contribution in [-0.4, -0.2) is 24.8 Å². The van der Waals surface area contributed by atoms with Gasteiger partial charge in [0.1, 0.15) is 17.1 Å². The average molecular weight is 246 g/mol. The van der Waals surface area contributed by atoms with Crippen LogP contribution in [0.25, 0.3) is 10.8 Å².